The van der Waals surface area contributed by atoms with E-state index in [9.17, 15) is 128 Å². The number of ketones is 2. The van der Waals surface area contributed by atoms with Crippen LogP contribution in [0.4, 0.5) is 119 Å². The minimum atomic E-state index is -7.14. The van der Waals surface area contributed by atoms with Gasteiger partial charge in [-0.1, -0.05) is 41.0 Å². The maximum absolute atomic E-state index is 13.7. The number of benzene rings is 2. The molecule has 0 bridgehead atoms. The molecule has 0 heterocycles. The van der Waals surface area contributed by atoms with Gasteiger partial charge in [-0.3, -0.25) is 9.59 Å². The summed E-state index contributed by atoms with van der Waals surface area (Å²) in [5.41, 5.74) is 0.208. The van der Waals surface area contributed by atoms with Gasteiger partial charge in [-0.05, 0) is 55.7 Å². The third-order valence-electron chi connectivity index (χ3n) is 9.80. The number of aromatic hydroxyl groups is 2. The lowest BCUT2D eigenvalue weighted by molar-refractivity contribution is -0.396. The Kier molecular flexibility index (Phi) is 23.0. The topological polar surface area (TPSA) is 93.1 Å². The van der Waals surface area contributed by atoms with Crippen molar-refractivity contribution < 1.29 is 148 Å². The van der Waals surface area contributed by atoms with Crippen molar-refractivity contribution in [2.75, 3.05) is 13.2 Å². The predicted molar refractivity (Wildman–Crippen MR) is 206 cm³/mol. The monoisotopic (exact) mass is 1160 g/mol. The van der Waals surface area contributed by atoms with Gasteiger partial charge in [0.05, 0.1) is 13.2 Å². The van der Waals surface area contributed by atoms with E-state index < -0.39 is 147 Å². The van der Waals surface area contributed by atoms with Gasteiger partial charge >= 0.3 is 71.8 Å². The molecule has 0 aromatic heterocycles. The van der Waals surface area contributed by atoms with Crippen LogP contribution in [-0.2, 0) is 0 Å². The van der Waals surface area contributed by atoms with Crippen LogP contribution in [0.3, 0.4) is 0 Å². The van der Waals surface area contributed by atoms with E-state index in [1.54, 1.807) is 13.8 Å². The maximum Gasteiger partial charge on any atom is 0.460 e. The van der Waals surface area contributed by atoms with Crippen molar-refractivity contribution >= 4 is 11.6 Å². The molecule has 2 aromatic rings. The van der Waals surface area contributed by atoms with Gasteiger partial charge in [-0.25, -0.2) is 0 Å². The Balaban J connectivity index is 0.00000147. The molecule has 0 aliphatic rings. The first kappa shape index (κ1) is 70.1. The Morgan fingerprint density at radius 3 is 1.00 bits per heavy atom. The number of alkyl halides is 27. The number of hydrogen-bond acceptors (Lipinski definition) is 6. The molecule has 0 aliphatic heterocycles. The zero-order valence-electron chi connectivity index (χ0n) is 38.7. The van der Waals surface area contributed by atoms with Gasteiger partial charge in [-0.15, -0.1) is 0 Å². The summed E-state index contributed by atoms with van der Waals surface area (Å²) in [6.45, 7) is 5.37. The molecule has 0 unspecified atom stereocenters. The van der Waals surface area contributed by atoms with E-state index in [1.165, 1.54) is 39.0 Å². The van der Waals surface area contributed by atoms with Gasteiger partial charge in [0.25, 0.3) is 0 Å². The molecule has 75 heavy (non-hydrogen) atoms. The standard InChI is InChI=1S/C24H22F18O3.C10H12O3.C8H9F9/c1-12(2)16(43)13-5-6-14(44-9-3-7-17(25,26)19(29,30)21(33,34)23(37,38)39)15(11-13)45-10-4-8-18(27,28)20(31,32)22(35,36)24(40,41)42;1-6(2)10(13)7-3-4-8(11)9(12)5-7;1-2-3-4-5(9,10)6(11,12)7(13,14)8(15,16)17/h5-6,11-12H,3-4,7-10H2,1-2H3;3-6,11-12H,1-2H3;2-4H2,1H3. The Labute approximate surface area is 406 Å². The molecule has 0 aliphatic carbocycles. The number of Topliss-reactive ketones (excluding diaryl/α,β-unsaturated/α-hetero) is 2. The predicted octanol–water partition coefficient (Wildman–Crippen LogP) is 16.4. The van der Waals surface area contributed by atoms with Crippen LogP contribution < -0.4 is 9.47 Å². The quantitative estimate of drug-likeness (QED) is 0.0498. The minimum absolute atomic E-state index is 0.0384. The number of ether oxygens (including phenoxy) is 2. The second-order valence-corrected chi connectivity index (χ2v) is 16.5. The molecule has 6 nitrogen and oxygen atoms in total. The van der Waals surface area contributed by atoms with E-state index in [4.69, 9.17) is 19.7 Å². The van der Waals surface area contributed by atoms with Crippen molar-refractivity contribution in [2.45, 2.75) is 151 Å². The first-order valence-corrected chi connectivity index (χ1v) is 20.8. The summed E-state index contributed by atoms with van der Waals surface area (Å²) in [5, 5.41) is 18.1. The fourth-order valence-corrected chi connectivity index (χ4v) is 5.28. The molecule has 2 N–H and O–H groups in total. The van der Waals surface area contributed by atoms with Crippen LogP contribution in [0.1, 0.15) is 100 Å². The van der Waals surface area contributed by atoms with Crippen LogP contribution in [0.5, 0.6) is 23.0 Å². The zero-order chi connectivity index (χ0) is 59.8. The van der Waals surface area contributed by atoms with Crippen LogP contribution in [0.25, 0.3) is 0 Å². The summed E-state index contributed by atoms with van der Waals surface area (Å²) in [6, 6.07) is 6.71. The summed E-state index contributed by atoms with van der Waals surface area (Å²) in [4.78, 5) is 23.6. The van der Waals surface area contributed by atoms with Crippen molar-refractivity contribution in [1.29, 1.82) is 0 Å². The summed E-state index contributed by atoms with van der Waals surface area (Å²) in [5.74, 6) is -61.9. The molecule has 0 radical (unpaired) electrons. The lowest BCUT2D eigenvalue weighted by Crippen LogP contribution is -2.60. The van der Waals surface area contributed by atoms with Crippen LogP contribution in [-0.4, -0.2) is 107 Å². The van der Waals surface area contributed by atoms with Crippen molar-refractivity contribution in [1.82, 2.24) is 0 Å². The van der Waals surface area contributed by atoms with E-state index in [0.29, 0.717) is 5.56 Å². The molecule has 0 fully saturated rings. The first-order valence-electron chi connectivity index (χ1n) is 20.8. The molecule has 0 saturated carbocycles. The second kappa shape index (κ2) is 24.6. The largest absolute Gasteiger partial charge is 0.504 e. The lowest BCUT2D eigenvalue weighted by Gasteiger charge is -2.33. The first-order chi connectivity index (χ1) is 33.2. The van der Waals surface area contributed by atoms with Crippen LogP contribution in [0, 0.1) is 11.8 Å². The third kappa shape index (κ3) is 16.1. The molecule has 0 saturated heterocycles. The van der Waals surface area contributed by atoms with Crippen LogP contribution in [0.2, 0.25) is 0 Å². The lowest BCUT2D eigenvalue weighted by atomic mass is 9.99. The molecule has 0 amide bonds. The van der Waals surface area contributed by atoms with E-state index in [-0.39, 0.29) is 35.2 Å². The Morgan fingerprint density at radius 2 is 0.707 bits per heavy atom. The van der Waals surface area contributed by atoms with E-state index in [1.807, 2.05) is 0 Å². The average Bonchev–Trinajstić information content (AvgIpc) is 3.25. The van der Waals surface area contributed by atoms with E-state index in [2.05, 4.69) is 0 Å². The number of unbranched alkanes of at least 4 members (excludes halogenated alkanes) is 1. The molecule has 2 rings (SSSR count). The molecular weight excluding hydrogens is 1110 g/mol. The molecule has 2 aromatic carbocycles. The van der Waals surface area contributed by atoms with Crippen LogP contribution in [0.15, 0.2) is 36.4 Å². The number of carbonyl (C=O) groups excluding carboxylic acids is 2. The highest BCUT2D eigenvalue weighted by Crippen LogP contribution is 2.57. The van der Waals surface area contributed by atoms with Gasteiger partial charge in [0.15, 0.2) is 34.6 Å². The molecular formula is C42H43F27O6. The number of hydrogen-bond donors (Lipinski definition) is 2. The third-order valence-corrected chi connectivity index (χ3v) is 9.80. The van der Waals surface area contributed by atoms with E-state index >= 15 is 0 Å². The summed E-state index contributed by atoms with van der Waals surface area (Å²) < 4.78 is 354. The summed E-state index contributed by atoms with van der Waals surface area (Å²) >= 11 is 0. The van der Waals surface area contributed by atoms with Crippen molar-refractivity contribution in [3.8, 4) is 23.0 Å². The van der Waals surface area contributed by atoms with Crippen molar-refractivity contribution in [3.63, 3.8) is 0 Å². The van der Waals surface area contributed by atoms with Gasteiger partial charge in [-0.2, -0.15) is 119 Å². The number of phenols is 2. The van der Waals surface area contributed by atoms with Crippen LogP contribution >= 0.6 is 0 Å². The normalized spacial score (nSPS) is 14.0. The van der Waals surface area contributed by atoms with Crippen molar-refractivity contribution in [2.24, 2.45) is 11.8 Å². The minimum Gasteiger partial charge on any atom is -0.504 e. The number of carbonyl (C=O) groups is 2. The van der Waals surface area contributed by atoms with Crippen molar-refractivity contribution in [3.05, 3.63) is 47.5 Å². The average molecular weight is 1160 g/mol. The Hall–Kier alpha value is -4.91. The SMILES string of the molecule is CC(C)C(=O)c1ccc(O)c(O)c1.CC(C)C(=O)c1ccc(OCCCC(F)(F)C(F)(F)C(F)(F)C(F)(F)F)c(OCCCC(F)(F)C(F)(F)C(F)(F)C(F)(F)F)c1.CCCCC(F)(F)C(F)(F)C(F)(F)C(F)(F)F. The molecule has 33 heteroatoms. The highest BCUT2D eigenvalue weighted by Gasteiger charge is 2.83. The fraction of sp³-hybridized carbons (Fsp3) is 0.667. The summed E-state index contributed by atoms with van der Waals surface area (Å²) in [7, 11) is 0. The Morgan fingerprint density at radius 1 is 0.413 bits per heavy atom. The number of phenolic OH excluding ortho intramolecular Hbond substituents is 2. The van der Waals surface area contributed by atoms with Gasteiger partial charge in [0.2, 0.25) is 0 Å². The maximum atomic E-state index is 13.7. The highest BCUT2D eigenvalue weighted by atomic mass is 19.4. The smallest absolute Gasteiger partial charge is 0.460 e. The number of rotatable bonds is 23. The molecule has 0 atom stereocenters. The summed E-state index contributed by atoms with van der Waals surface area (Å²) in [6.07, 6.45) is -30.4. The number of halogens is 27. The second-order valence-electron chi connectivity index (χ2n) is 16.5. The zero-order valence-corrected chi connectivity index (χ0v) is 38.7. The Bertz CT molecular complexity index is 2160. The van der Waals surface area contributed by atoms with Gasteiger partial charge in [0.1, 0.15) is 0 Å². The van der Waals surface area contributed by atoms with Gasteiger partial charge < -0.3 is 19.7 Å². The highest BCUT2D eigenvalue weighted by molar-refractivity contribution is 5.98. The molecule has 436 valence electrons. The molecule has 0 spiro atoms. The fourth-order valence-electron chi connectivity index (χ4n) is 5.28. The van der Waals surface area contributed by atoms with E-state index in [0.717, 1.165) is 18.2 Å². The van der Waals surface area contributed by atoms with Gasteiger partial charge in [0, 0.05) is 42.2 Å².